The summed E-state index contributed by atoms with van der Waals surface area (Å²) in [5, 5.41) is 0. The van der Waals surface area contributed by atoms with Crippen molar-refractivity contribution in [3.63, 3.8) is 0 Å². The predicted octanol–water partition coefficient (Wildman–Crippen LogP) is 3.34. The van der Waals surface area contributed by atoms with E-state index in [0.29, 0.717) is 15.0 Å². The molecule has 3 nitrogen and oxygen atoms in total. The molecule has 0 spiro atoms. The standard InChI is InChI=1S/C9H3Br2F2N3/c10-8-14-7(15-9(11)16-8)4-1-2-5(12)6(13)3-4/h1-3H. The van der Waals surface area contributed by atoms with Crippen molar-refractivity contribution in [2.24, 2.45) is 0 Å². The molecule has 0 amide bonds. The normalized spacial score (nSPS) is 10.5. The Balaban J connectivity index is 2.54. The smallest absolute Gasteiger partial charge is 0.201 e. The zero-order valence-corrected chi connectivity index (χ0v) is 10.8. The third-order valence-electron chi connectivity index (χ3n) is 1.76. The van der Waals surface area contributed by atoms with Crippen molar-refractivity contribution in [3.05, 3.63) is 39.3 Å². The summed E-state index contributed by atoms with van der Waals surface area (Å²) >= 11 is 6.17. The number of nitrogens with zero attached hydrogens (tertiary/aromatic N) is 3. The summed E-state index contributed by atoms with van der Waals surface area (Å²) < 4.78 is 26.4. The second kappa shape index (κ2) is 4.50. The average Bonchev–Trinajstić information content (AvgIpc) is 2.20. The Kier molecular flexibility index (Phi) is 3.25. The van der Waals surface area contributed by atoms with E-state index in [9.17, 15) is 8.78 Å². The number of hydrogen-bond acceptors (Lipinski definition) is 3. The van der Waals surface area contributed by atoms with Gasteiger partial charge in [0.25, 0.3) is 0 Å². The summed E-state index contributed by atoms with van der Waals surface area (Å²) in [5.74, 6) is -1.59. The summed E-state index contributed by atoms with van der Waals surface area (Å²) in [6, 6.07) is 3.45. The van der Waals surface area contributed by atoms with Gasteiger partial charge in [0.05, 0.1) is 0 Å². The first-order chi connectivity index (χ1) is 7.56. The van der Waals surface area contributed by atoms with Gasteiger partial charge in [0.1, 0.15) is 0 Å². The highest BCUT2D eigenvalue weighted by atomic mass is 79.9. The fourth-order valence-electron chi connectivity index (χ4n) is 1.09. The molecule has 1 heterocycles. The van der Waals surface area contributed by atoms with Gasteiger partial charge in [-0.3, -0.25) is 0 Å². The van der Waals surface area contributed by atoms with Gasteiger partial charge in [-0.15, -0.1) is 0 Å². The summed E-state index contributed by atoms with van der Waals surface area (Å²) in [6.07, 6.45) is 0. The first-order valence-electron chi connectivity index (χ1n) is 4.09. The maximum absolute atomic E-state index is 13.0. The summed E-state index contributed by atoms with van der Waals surface area (Å²) in [5.41, 5.74) is 0.378. The molecule has 16 heavy (non-hydrogen) atoms. The second-order valence-corrected chi connectivity index (χ2v) is 4.24. The number of rotatable bonds is 1. The molecule has 2 aromatic rings. The lowest BCUT2D eigenvalue weighted by Gasteiger charge is -2.01. The van der Waals surface area contributed by atoms with E-state index in [1.165, 1.54) is 6.07 Å². The first-order valence-corrected chi connectivity index (χ1v) is 5.67. The van der Waals surface area contributed by atoms with Crippen molar-refractivity contribution in [2.45, 2.75) is 0 Å². The van der Waals surface area contributed by atoms with Gasteiger partial charge in [-0.1, -0.05) is 0 Å². The Labute approximate surface area is 106 Å². The molecular weight excluding hydrogens is 348 g/mol. The molecule has 0 unspecified atom stereocenters. The topological polar surface area (TPSA) is 38.7 Å². The van der Waals surface area contributed by atoms with E-state index in [-0.39, 0.29) is 5.82 Å². The van der Waals surface area contributed by atoms with Crippen LogP contribution in [0, 0.1) is 11.6 Å². The largest absolute Gasteiger partial charge is 0.204 e. The van der Waals surface area contributed by atoms with Crippen LogP contribution in [0.2, 0.25) is 0 Å². The molecule has 1 aromatic heterocycles. The van der Waals surface area contributed by atoms with E-state index in [0.717, 1.165) is 12.1 Å². The molecule has 0 fully saturated rings. The molecule has 7 heteroatoms. The van der Waals surface area contributed by atoms with E-state index in [2.05, 4.69) is 46.8 Å². The monoisotopic (exact) mass is 349 g/mol. The van der Waals surface area contributed by atoms with E-state index < -0.39 is 11.6 Å². The van der Waals surface area contributed by atoms with Crippen LogP contribution in [-0.2, 0) is 0 Å². The van der Waals surface area contributed by atoms with Crippen LogP contribution in [-0.4, -0.2) is 15.0 Å². The molecule has 0 radical (unpaired) electrons. The maximum Gasteiger partial charge on any atom is 0.201 e. The summed E-state index contributed by atoms with van der Waals surface area (Å²) in [6.45, 7) is 0. The zero-order chi connectivity index (χ0) is 11.7. The lowest BCUT2D eigenvalue weighted by molar-refractivity contribution is 0.509. The third kappa shape index (κ3) is 2.41. The van der Waals surface area contributed by atoms with Gasteiger partial charge in [-0.2, -0.15) is 4.98 Å². The van der Waals surface area contributed by atoms with Crippen molar-refractivity contribution < 1.29 is 8.78 Å². The van der Waals surface area contributed by atoms with Crippen molar-refractivity contribution in [2.75, 3.05) is 0 Å². The summed E-state index contributed by atoms with van der Waals surface area (Å²) in [7, 11) is 0. The Bertz CT molecular complexity index is 528. The molecule has 0 atom stereocenters. The molecule has 0 N–H and O–H groups in total. The minimum Gasteiger partial charge on any atom is -0.204 e. The molecule has 1 aromatic carbocycles. The SMILES string of the molecule is Fc1ccc(-c2nc(Br)nc(Br)n2)cc1F. The van der Waals surface area contributed by atoms with Gasteiger partial charge >= 0.3 is 0 Å². The summed E-state index contributed by atoms with van der Waals surface area (Å²) in [4.78, 5) is 11.7. The Morgan fingerprint density at radius 3 is 2.06 bits per heavy atom. The van der Waals surface area contributed by atoms with E-state index in [4.69, 9.17) is 0 Å². The number of aromatic nitrogens is 3. The Hall–Kier alpha value is -0.950. The van der Waals surface area contributed by atoms with Crippen molar-refractivity contribution in [1.82, 2.24) is 15.0 Å². The second-order valence-electron chi connectivity index (χ2n) is 2.83. The van der Waals surface area contributed by atoms with Crippen LogP contribution in [0.25, 0.3) is 11.4 Å². The lowest BCUT2D eigenvalue weighted by atomic mass is 10.2. The fraction of sp³-hybridized carbons (Fsp3) is 0. The van der Waals surface area contributed by atoms with Gasteiger partial charge in [-0.25, -0.2) is 18.7 Å². The number of benzene rings is 1. The zero-order valence-electron chi connectivity index (χ0n) is 7.59. The molecule has 0 saturated carbocycles. The Morgan fingerprint density at radius 1 is 0.875 bits per heavy atom. The Morgan fingerprint density at radius 2 is 1.50 bits per heavy atom. The maximum atomic E-state index is 13.0. The highest BCUT2D eigenvalue weighted by molar-refractivity contribution is 9.11. The number of halogens is 4. The van der Waals surface area contributed by atoms with Gasteiger partial charge in [0.15, 0.2) is 17.5 Å². The molecule has 0 bridgehead atoms. The third-order valence-corrected chi connectivity index (χ3v) is 2.47. The van der Waals surface area contributed by atoms with Crippen molar-refractivity contribution >= 4 is 31.9 Å². The highest BCUT2D eigenvalue weighted by Gasteiger charge is 2.08. The average molecular weight is 351 g/mol. The minimum absolute atomic E-state index is 0.257. The van der Waals surface area contributed by atoms with Gasteiger partial charge in [0.2, 0.25) is 9.47 Å². The molecule has 0 saturated heterocycles. The van der Waals surface area contributed by atoms with Gasteiger partial charge in [-0.05, 0) is 50.1 Å². The minimum atomic E-state index is -0.940. The first kappa shape index (κ1) is 11.5. The van der Waals surface area contributed by atoms with E-state index in [1.54, 1.807) is 0 Å². The predicted molar refractivity (Wildman–Crippen MR) is 60.6 cm³/mol. The lowest BCUT2D eigenvalue weighted by Crippen LogP contribution is -1.95. The van der Waals surface area contributed by atoms with Gasteiger partial charge < -0.3 is 0 Å². The highest BCUT2D eigenvalue weighted by Crippen LogP contribution is 2.20. The van der Waals surface area contributed by atoms with Crippen molar-refractivity contribution in [1.29, 1.82) is 0 Å². The fourth-order valence-corrected chi connectivity index (χ4v) is 2.00. The quantitative estimate of drug-likeness (QED) is 0.791. The van der Waals surface area contributed by atoms with Crippen LogP contribution in [0.15, 0.2) is 27.7 Å². The molecule has 0 aliphatic rings. The molecule has 0 aliphatic carbocycles. The molecular formula is C9H3Br2F2N3. The van der Waals surface area contributed by atoms with Gasteiger partial charge in [0, 0.05) is 5.56 Å². The van der Waals surface area contributed by atoms with Crippen LogP contribution in [0.4, 0.5) is 8.78 Å². The number of hydrogen-bond donors (Lipinski definition) is 0. The van der Waals surface area contributed by atoms with E-state index in [1.807, 2.05) is 0 Å². The van der Waals surface area contributed by atoms with Crippen LogP contribution < -0.4 is 0 Å². The molecule has 2 rings (SSSR count). The van der Waals surface area contributed by atoms with E-state index >= 15 is 0 Å². The molecule has 0 aliphatic heterocycles. The molecule has 82 valence electrons. The van der Waals surface area contributed by atoms with Crippen molar-refractivity contribution in [3.8, 4) is 11.4 Å². The van der Waals surface area contributed by atoms with Crippen LogP contribution in [0.5, 0.6) is 0 Å². The van der Waals surface area contributed by atoms with Crippen LogP contribution in [0.3, 0.4) is 0 Å². The van der Waals surface area contributed by atoms with Crippen LogP contribution >= 0.6 is 31.9 Å². The van der Waals surface area contributed by atoms with Crippen LogP contribution in [0.1, 0.15) is 0 Å².